The van der Waals surface area contributed by atoms with Crippen LogP contribution in [-0.2, 0) is 14.4 Å². The van der Waals surface area contributed by atoms with E-state index in [2.05, 4.69) is 11.9 Å². The average Bonchev–Trinajstić information content (AvgIpc) is 2.26. The largest absolute Gasteiger partial charge is 0.481 e. The molecule has 21 heavy (non-hydrogen) atoms. The molecule has 1 atom stereocenters. The van der Waals surface area contributed by atoms with Crippen molar-refractivity contribution in [1.29, 1.82) is 0 Å². The number of rotatable bonds is 5. The van der Waals surface area contributed by atoms with Crippen LogP contribution in [0.3, 0.4) is 0 Å². The van der Waals surface area contributed by atoms with Gasteiger partial charge in [0.2, 0.25) is 0 Å². The number of hydrogen-bond acceptors (Lipinski definition) is 6. The van der Waals surface area contributed by atoms with Crippen LogP contribution in [0.4, 0.5) is 0 Å². The molecule has 6 N–H and O–H groups in total. The fourth-order valence-corrected chi connectivity index (χ4v) is 1.92. The van der Waals surface area contributed by atoms with Gasteiger partial charge in [-0.3, -0.25) is 9.59 Å². The number of carbonyl (C=O) groups is 3. The van der Waals surface area contributed by atoms with Gasteiger partial charge >= 0.3 is 17.9 Å². The third-order valence-corrected chi connectivity index (χ3v) is 2.95. The monoisotopic (exact) mass is 306 g/mol. The Bertz CT molecular complexity index is 362. The third-order valence-electron chi connectivity index (χ3n) is 2.95. The first-order valence-electron chi connectivity index (χ1n) is 6.40. The molecule has 9 nitrogen and oxygen atoms in total. The second-order valence-corrected chi connectivity index (χ2v) is 5.14. The number of piperidine rings is 1. The minimum absolute atomic E-state index is 0.439. The van der Waals surface area contributed by atoms with Crippen LogP contribution in [0.25, 0.3) is 0 Å². The Morgan fingerprint density at radius 2 is 1.67 bits per heavy atom. The zero-order chi connectivity index (χ0) is 16.6. The van der Waals surface area contributed by atoms with Crippen LogP contribution in [0.2, 0.25) is 0 Å². The number of nitrogens with zero attached hydrogens (tertiary/aromatic N) is 1. The van der Waals surface area contributed by atoms with Gasteiger partial charge in [-0.1, -0.05) is 0 Å². The van der Waals surface area contributed by atoms with Gasteiger partial charge in [0.1, 0.15) is 0 Å². The maximum atomic E-state index is 10.3. The molecule has 0 bridgehead atoms. The lowest BCUT2D eigenvalue weighted by atomic mass is 9.96. The Labute approximate surface area is 122 Å². The molecular formula is C12H22N2O7. The van der Waals surface area contributed by atoms with Crippen molar-refractivity contribution >= 4 is 17.9 Å². The summed E-state index contributed by atoms with van der Waals surface area (Å²) in [6, 6.07) is 0.439. The predicted molar refractivity (Wildman–Crippen MR) is 71.8 cm³/mol. The number of nitrogens with two attached hydrogens (primary N) is 1. The molecule has 1 heterocycles. The summed E-state index contributed by atoms with van der Waals surface area (Å²) >= 11 is 0. The topological polar surface area (TPSA) is 161 Å². The Balaban J connectivity index is 0.000000423. The van der Waals surface area contributed by atoms with E-state index in [1.807, 2.05) is 0 Å². The van der Waals surface area contributed by atoms with Crippen LogP contribution in [0, 0.1) is 0 Å². The van der Waals surface area contributed by atoms with Gasteiger partial charge in [0, 0.05) is 12.6 Å². The number of likely N-dealkylation sites (N-methyl/N-ethyl adjacent to an activating group) is 1. The number of likely N-dealkylation sites (tertiary alicyclic amines) is 1. The van der Waals surface area contributed by atoms with E-state index >= 15 is 0 Å². The molecular weight excluding hydrogens is 284 g/mol. The number of aliphatic carboxylic acids is 3. The average molecular weight is 306 g/mol. The highest BCUT2D eigenvalue weighted by Gasteiger charge is 2.40. The molecule has 9 heteroatoms. The molecule has 1 saturated heterocycles. The molecule has 0 saturated carbocycles. The highest BCUT2D eigenvalue weighted by atomic mass is 16.4. The molecule has 0 aromatic heterocycles. The summed E-state index contributed by atoms with van der Waals surface area (Å²) in [5.41, 5.74) is 2.95. The van der Waals surface area contributed by atoms with Crippen molar-refractivity contribution in [3.8, 4) is 0 Å². The molecule has 0 aromatic rings. The SMILES string of the molecule is CN1CCC[C@H](N)C1.O=C(O)CC(O)(CC(=O)O)C(=O)O. The minimum Gasteiger partial charge on any atom is -0.481 e. The molecule has 1 rings (SSSR count). The van der Waals surface area contributed by atoms with Gasteiger partial charge in [-0.15, -0.1) is 0 Å². The Hall–Kier alpha value is -1.71. The van der Waals surface area contributed by atoms with Crippen molar-refractivity contribution in [3.63, 3.8) is 0 Å². The lowest BCUT2D eigenvalue weighted by Crippen LogP contribution is -2.42. The van der Waals surface area contributed by atoms with Gasteiger partial charge < -0.3 is 31.1 Å². The first-order chi connectivity index (χ1) is 9.56. The lowest BCUT2D eigenvalue weighted by Gasteiger charge is -2.26. The number of carboxylic acids is 3. The summed E-state index contributed by atoms with van der Waals surface area (Å²) in [5, 5.41) is 33.8. The van der Waals surface area contributed by atoms with Gasteiger partial charge in [0.15, 0.2) is 5.60 Å². The molecule has 0 unspecified atom stereocenters. The third kappa shape index (κ3) is 8.23. The van der Waals surface area contributed by atoms with Crippen molar-refractivity contribution in [1.82, 2.24) is 4.90 Å². The van der Waals surface area contributed by atoms with Crippen molar-refractivity contribution in [3.05, 3.63) is 0 Å². The zero-order valence-corrected chi connectivity index (χ0v) is 11.9. The van der Waals surface area contributed by atoms with Crippen LogP contribution in [-0.4, -0.2) is 75.0 Å². The summed E-state index contributed by atoms with van der Waals surface area (Å²) in [5.74, 6) is -5.02. The van der Waals surface area contributed by atoms with Gasteiger partial charge in [-0.2, -0.15) is 0 Å². The van der Waals surface area contributed by atoms with E-state index in [0.29, 0.717) is 6.04 Å². The van der Waals surface area contributed by atoms with Crippen molar-refractivity contribution < 1.29 is 34.8 Å². The summed E-state index contributed by atoms with van der Waals surface area (Å²) in [6.45, 7) is 2.31. The Morgan fingerprint density at radius 3 is 1.90 bits per heavy atom. The maximum Gasteiger partial charge on any atom is 0.336 e. The Kier molecular flexibility index (Phi) is 7.85. The summed E-state index contributed by atoms with van der Waals surface area (Å²) in [6.07, 6.45) is 0.200. The number of hydrogen-bond donors (Lipinski definition) is 5. The van der Waals surface area contributed by atoms with Crippen LogP contribution in [0.1, 0.15) is 25.7 Å². The van der Waals surface area contributed by atoms with Crippen molar-refractivity contribution in [2.24, 2.45) is 5.73 Å². The maximum absolute atomic E-state index is 10.3. The van der Waals surface area contributed by atoms with Crippen LogP contribution >= 0.6 is 0 Å². The summed E-state index contributed by atoms with van der Waals surface area (Å²) in [7, 11) is 2.12. The minimum atomic E-state index is -2.74. The number of carboxylic acid groups (broad SMARTS) is 3. The van der Waals surface area contributed by atoms with E-state index in [0.717, 1.165) is 6.54 Å². The van der Waals surface area contributed by atoms with Gasteiger partial charge in [0.05, 0.1) is 12.8 Å². The van der Waals surface area contributed by atoms with Gasteiger partial charge in [0.25, 0.3) is 0 Å². The molecule has 1 aliphatic heterocycles. The molecule has 1 fully saturated rings. The molecule has 0 aliphatic carbocycles. The molecule has 0 radical (unpaired) electrons. The molecule has 1 aliphatic rings. The predicted octanol–water partition coefficient (Wildman–Crippen LogP) is -1.21. The first-order valence-corrected chi connectivity index (χ1v) is 6.40. The fourth-order valence-electron chi connectivity index (χ4n) is 1.92. The van der Waals surface area contributed by atoms with E-state index in [1.165, 1.54) is 19.4 Å². The quantitative estimate of drug-likeness (QED) is 0.419. The van der Waals surface area contributed by atoms with Crippen molar-refractivity contribution in [2.45, 2.75) is 37.3 Å². The van der Waals surface area contributed by atoms with Crippen LogP contribution in [0.15, 0.2) is 0 Å². The van der Waals surface area contributed by atoms with E-state index in [4.69, 9.17) is 26.2 Å². The van der Waals surface area contributed by atoms with Crippen molar-refractivity contribution in [2.75, 3.05) is 20.1 Å². The molecule has 122 valence electrons. The standard InChI is InChI=1S/C6H14N2.C6H8O7/c1-8-4-2-3-6(7)5-8;7-3(8)1-6(13,5(11)12)2-4(9)10/h6H,2-5,7H2,1H3;13H,1-2H2,(H,7,8)(H,9,10)(H,11,12)/t6-;/m0./s1. The Morgan fingerprint density at radius 1 is 1.19 bits per heavy atom. The molecule has 0 aromatic carbocycles. The number of aliphatic hydroxyl groups is 1. The first kappa shape index (κ1) is 19.3. The lowest BCUT2D eigenvalue weighted by molar-refractivity contribution is -0.170. The second-order valence-electron chi connectivity index (χ2n) is 5.14. The fraction of sp³-hybridized carbons (Fsp3) is 0.750. The van der Waals surface area contributed by atoms with E-state index in [-0.39, 0.29) is 0 Å². The summed E-state index contributed by atoms with van der Waals surface area (Å²) in [4.78, 5) is 32.8. The normalized spacial score (nSPS) is 19.3. The van der Waals surface area contributed by atoms with Crippen LogP contribution < -0.4 is 5.73 Å². The molecule has 0 spiro atoms. The van der Waals surface area contributed by atoms with E-state index < -0.39 is 36.4 Å². The van der Waals surface area contributed by atoms with Crippen LogP contribution in [0.5, 0.6) is 0 Å². The van der Waals surface area contributed by atoms with E-state index in [1.54, 1.807) is 0 Å². The highest BCUT2D eigenvalue weighted by molar-refractivity contribution is 5.88. The van der Waals surface area contributed by atoms with Gasteiger partial charge in [-0.25, -0.2) is 4.79 Å². The highest BCUT2D eigenvalue weighted by Crippen LogP contribution is 2.15. The zero-order valence-electron chi connectivity index (χ0n) is 11.9. The van der Waals surface area contributed by atoms with E-state index in [9.17, 15) is 14.4 Å². The summed E-state index contributed by atoms with van der Waals surface area (Å²) < 4.78 is 0. The smallest absolute Gasteiger partial charge is 0.336 e. The van der Waals surface area contributed by atoms with Gasteiger partial charge in [-0.05, 0) is 26.4 Å². The second kappa shape index (κ2) is 8.55. The molecule has 0 amide bonds.